The first kappa shape index (κ1) is 14.4. The van der Waals surface area contributed by atoms with Crippen molar-refractivity contribution in [3.63, 3.8) is 0 Å². The predicted molar refractivity (Wildman–Crippen MR) is 82.3 cm³/mol. The maximum Gasteiger partial charge on any atom is 0.223 e. The van der Waals surface area contributed by atoms with Gasteiger partial charge in [0.2, 0.25) is 5.91 Å². The molecule has 3 heteroatoms. The quantitative estimate of drug-likeness (QED) is 0.815. The molecule has 1 fully saturated rings. The largest absolute Gasteiger partial charge is 0.326 e. The average Bonchev–Trinajstić information content (AvgIpc) is 2.86. The second-order valence-electron chi connectivity index (χ2n) is 6.04. The maximum absolute atomic E-state index is 11.9. The fraction of sp³-hybridized carbons (Fsp3) is 0.562. The molecular weight excluding hydrogens is 254 g/mol. The van der Waals surface area contributed by atoms with E-state index in [0.29, 0.717) is 6.42 Å². The van der Waals surface area contributed by atoms with E-state index in [2.05, 4.69) is 45.0 Å². The zero-order valence-corrected chi connectivity index (χ0v) is 13.1. The van der Waals surface area contributed by atoms with E-state index in [1.807, 2.05) is 23.6 Å². The fourth-order valence-electron chi connectivity index (χ4n) is 2.35. The highest BCUT2D eigenvalue weighted by atomic mass is 32.2. The molecule has 0 radical (unpaired) electrons. The van der Waals surface area contributed by atoms with Crippen LogP contribution < -0.4 is 0 Å². The van der Waals surface area contributed by atoms with Crippen LogP contribution in [0.25, 0.3) is 0 Å². The molecule has 1 aliphatic heterocycles. The van der Waals surface area contributed by atoms with E-state index in [0.717, 1.165) is 12.3 Å². The normalized spacial score (nSPS) is 19.8. The van der Waals surface area contributed by atoms with Gasteiger partial charge in [-0.25, -0.2) is 0 Å². The van der Waals surface area contributed by atoms with Crippen LogP contribution in [0.3, 0.4) is 0 Å². The number of benzene rings is 1. The summed E-state index contributed by atoms with van der Waals surface area (Å²) in [7, 11) is 0. The molecular formula is C16H23NOS. The van der Waals surface area contributed by atoms with Gasteiger partial charge in [-0.3, -0.25) is 4.79 Å². The van der Waals surface area contributed by atoms with Gasteiger partial charge in [0.15, 0.2) is 0 Å². The van der Waals surface area contributed by atoms with Gasteiger partial charge in [0.25, 0.3) is 0 Å². The van der Waals surface area contributed by atoms with Crippen LogP contribution in [0.15, 0.2) is 24.3 Å². The minimum atomic E-state index is 0.181. The molecule has 19 heavy (non-hydrogen) atoms. The number of thioether (sulfide) groups is 1. The highest BCUT2D eigenvalue weighted by Gasteiger charge is 2.29. The third-order valence-electron chi connectivity index (χ3n) is 3.58. The molecule has 0 aliphatic carbocycles. The van der Waals surface area contributed by atoms with E-state index in [9.17, 15) is 4.79 Å². The monoisotopic (exact) mass is 277 g/mol. The molecule has 0 N–H and O–H groups in total. The van der Waals surface area contributed by atoms with E-state index >= 15 is 0 Å². The Balaban J connectivity index is 2.20. The highest BCUT2D eigenvalue weighted by molar-refractivity contribution is 7.99. The van der Waals surface area contributed by atoms with Crippen molar-refractivity contribution in [2.75, 3.05) is 12.3 Å². The van der Waals surface area contributed by atoms with Crippen molar-refractivity contribution in [2.45, 2.75) is 44.9 Å². The van der Waals surface area contributed by atoms with E-state index in [1.165, 1.54) is 11.1 Å². The molecule has 1 atom stereocenters. The van der Waals surface area contributed by atoms with Crippen LogP contribution in [0.1, 0.15) is 50.6 Å². The van der Waals surface area contributed by atoms with Crippen molar-refractivity contribution in [3.05, 3.63) is 35.4 Å². The molecule has 1 aliphatic rings. The third-order valence-corrected chi connectivity index (χ3v) is 4.84. The molecule has 1 aromatic rings. The standard InChI is InChI=1S/C16H23NOS/c1-5-14(18)17-10-11-19-15(17)12-6-8-13(9-7-12)16(2,3)4/h6-9,15H,5,10-11H2,1-4H3/t15-/m0/s1. The van der Waals surface area contributed by atoms with Gasteiger partial charge in [-0.1, -0.05) is 52.0 Å². The summed E-state index contributed by atoms with van der Waals surface area (Å²) in [5, 5.41) is 0.210. The van der Waals surface area contributed by atoms with Crippen LogP contribution in [0, 0.1) is 0 Å². The van der Waals surface area contributed by atoms with Gasteiger partial charge in [-0.2, -0.15) is 0 Å². The van der Waals surface area contributed by atoms with E-state index in [-0.39, 0.29) is 16.7 Å². The number of nitrogens with zero attached hydrogens (tertiary/aromatic N) is 1. The summed E-state index contributed by atoms with van der Waals surface area (Å²) in [5.74, 6) is 1.30. The van der Waals surface area contributed by atoms with E-state index in [1.54, 1.807) is 0 Å². The van der Waals surface area contributed by atoms with Crippen LogP contribution in [0.2, 0.25) is 0 Å². The van der Waals surface area contributed by atoms with Crippen LogP contribution >= 0.6 is 11.8 Å². The Morgan fingerprint density at radius 1 is 1.32 bits per heavy atom. The summed E-state index contributed by atoms with van der Waals surface area (Å²) in [5.41, 5.74) is 2.77. The van der Waals surface area contributed by atoms with E-state index < -0.39 is 0 Å². The summed E-state index contributed by atoms with van der Waals surface area (Å²) in [4.78, 5) is 13.9. The summed E-state index contributed by atoms with van der Waals surface area (Å²) in [6.07, 6.45) is 0.594. The average molecular weight is 277 g/mol. The lowest BCUT2D eigenvalue weighted by molar-refractivity contribution is -0.130. The molecule has 0 aromatic heterocycles. The summed E-state index contributed by atoms with van der Waals surface area (Å²) < 4.78 is 0. The molecule has 1 heterocycles. The molecule has 1 amide bonds. The van der Waals surface area contributed by atoms with Gasteiger partial charge in [0.1, 0.15) is 5.37 Å². The second kappa shape index (κ2) is 5.58. The Bertz CT molecular complexity index is 447. The van der Waals surface area contributed by atoms with Crippen molar-refractivity contribution in [1.82, 2.24) is 4.90 Å². The lowest BCUT2D eigenvalue weighted by Gasteiger charge is -2.25. The first-order valence-electron chi connectivity index (χ1n) is 6.95. The first-order valence-corrected chi connectivity index (χ1v) is 8.00. The second-order valence-corrected chi connectivity index (χ2v) is 7.22. The van der Waals surface area contributed by atoms with Crippen LogP contribution in [-0.4, -0.2) is 23.1 Å². The molecule has 0 saturated carbocycles. The minimum Gasteiger partial charge on any atom is -0.326 e. The van der Waals surface area contributed by atoms with Gasteiger partial charge < -0.3 is 4.90 Å². The number of hydrogen-bond donors (Lipinski definition) is 0. The van der Waals surface area contributed by atoms with E-state index in [4.69, 9.17) is 0 Å². The topological polar surface area (TPSA) is 20.3 Å². The van der Waals surface area contributed by atoms with Gasteiger partial charge in [0.05, 0.1) is 0 Å². The first-order chi connectivity index (χ1) is 8.93. The Morgan fingerprint density at radius 3 is 2.47 bits per heavy atom. The summed E-state index contributed by atoms with van der Waals surface area (Å²) in [6.45, 7) is 9.48. The van der Waals surface area contributed by atoms with Gasteiger partial charge in [-0.15, -0.1) is 11.8 Å². The Morgan fingerprint density at radius 2 is 1.95 bits per heavy atom. The van der Waals surface area contributed by atoms with Gasteiger partial charge in [0, 0.05) is 18.7 Å². The summed E-state index contributed by atoms with van der Waals surface area (Å²) in [6, 6.07) is 8.75. The van der Waals surface area contributed by atoms with Crippen LogP contribution in [0.4, 0.5) is 0 Å². The Hall–Kier alpha value is -0.960. The van der Waals surface area contributed by atoms with Crippen molar-refractivity contribution in [3.8, 4) is 0 Å². The molecule has 2 nitrogen and oxygen atoms in total. The van der Waals surface area contributed by atoms with Crippen LogP contribution in [-0.2, 0) is 10.2 Å². The molecule has 0 bridgehead atoms. The molecule has 1 saturated heterocycles. The SMILES string of the molecule is CCC(=O)N1CCS[C@H]1c1ccc(C(C)(C)C)cc1. The van der Waals surface area contributed by atoms with Gasteiger partial charge >= 0.3 is 0 Å². The predicted octanol–water partition coefficient (Wildman–Crippen LogP) is 3.97. The number of hydrogen-bond acceptors (Lipinski definition) is 2. The lowest BCUT2D eigenvalue weighted by Crippen LogP contribution is -2.29. The minimum absolute atomic E-state index is 0.181. The lowest BCUT2D eigenvalue weighted by atomic mass is 9.86. The number of carbonyl (C=O) groups is 1. The summed E-state index contributed by atoms with van der Waals surface area (Å²) >= 11 is 1.87. The zero-order chi connectivity index (χ0) is 14.0. The van der Waals surface area contributed by atoms with Crippen molar-refractivity contribution in [1.29, 1.82) is 0 Å². The maximum atomic E-state index is 11.9. The molecule has 104 valence electrons. The number of rotatable bonds is 2. The number of carbonyl (C=O) groups excluding carboxylic acids is 1. The third kappa shape index (κ3) is 3.14. The van der Waals surface area contributed by atoms with Crippen molar-refractivity contribution in [2.24, 2.45) is 0 Å². The molecule has 1 aromatic carbocycles. The number of amides is 1. The highest BCUT2D eigenvalue weighted by Crippen LogP contribution is 2.38. The Kier molecular flexibility index (Phi) is 4.24. The van der Waals surface area contributed by atoms with Crippen molar-refractivity contribution < 1.29 is 4.79 Å². The molecule has 0 unspecified atom stereocenters. The van der Waals surface area contributed by atoms with Crippen molar-refractivity contribution >= 4 is 17.7 Å². The fourth-order valence-corrected chi connectivity index (χ4v) is 3.63. The smallest absolute Gasteiger partial charge is 0.223 e. The molecule has 0 spiro atoms. The van der Waals surface area contributed by atoms with Gasteiger partial charge in [-0.05, 0) is 16.5 Å². The Labute approximate surface area is 120 Å². The zero-order valence-electron chi connectivity index (χ0n) is 12.3. The van der Waals surface area contributed by atoms with Crippen LogP contribution in [0.5, 0.6) is 0 Å². The molecule has 2 rings (SSSR count).